The van der Waals surface area contributed by atoms with Gasteiger partial charge in [-0.1, -0.05) is 18.2 Å². The summed E-state index contributed by atoms with van der Waals surface area (Å²) >= 11 is 0. The Balaban J connectivity index is 1.80. The van der Waals surface area contributed by atoms with Crippen LogP contribution in [0, 0.1) is 6.92 Å². The molecule has 152 valence electrons. The predicted molar refractivity (Wildman–Crippen MR) is 111 cm³/mol. The first-order valence-corrected chi connectivity index (χ1v) is 10.1. The normalized spacial score (nSPS) is 15.6. The lowest BCUT2D eigenvalue weighted by Crippen LogP contribution is -2.40. The molecule has 0 saturated carbocycles. The average molecular weight is 386 g/mol. The van der Waals surface area contributed by atoms with Crippen LogP contribution in [0.2, 0.25) is 0 Å². The van der Waals surface area contributed by atoms with Crippen molar-refractivity contribution < 1.29 is 14.3 Å². The number of carbonyl (C=O) groups excluding carboxylic acids is 2. The summed E-state index contributed by atoms with van der Waals surface area (Å²) in [6, 6.07) is 8.15. The first kappa shape index (κ1) is 20.2. The molecule has 6 nitrogen and oxygen atoms in total. The Morgan fingerprint density at radius 1 is 1.04 bits per heavy atom. The highest BCUT2D eigenvalue weighted by atomic mass is 16.6. The van der Waals surface area contributed by atoms with Gasteiger partial charge in [-0.05, 0) is 52.7 Å². The molecule has 1 aliphatic rings. The Morgan fingerprint density at radius 3 is 2.36 bits per heavy atom. The number of para-hydroxylation sites is 1. The first-order valence-electron chi connectivity index (χ1n) is 10.1. The number of amides is 2. The standard InChI is InChI=1S/C22H31N3O3/c1-6-25-18-11-8-7-10-17(18)16(2)19(25)20(26)23-12-9-13-24(15-14-23)21(27)28-22(3,4)5/h7-8,10-11H,6,9,12-15H2,1-5H3. The molecule has 28 heavy (non-hydrogen) atoms. The first-order chi connectivity index (χ1) is 13.2. The summed E-state index contributed by atoms with van der Waals surface area (Å²) in [5.41, 5.74) is 2.36. The van der Waals surface area contributed by atoms with E-state index in [4.69, 9.17) is 4.74 Å². The second-order valence-corrected chi connectivity index (χ2v) is 8.35. The third kappa shape index (κ3) is 4.01. The lowest BCUT2D eigenvalue weighted by Gasteiger charge is -2.26. The molecule has 0 unspecified atom stereocenters. The Bertz CT molecular complexity index is 879. The molecular formula is C22H31N3O3. The quantitative estimate of drug-likeness (QED) is 0.784. The molecule has 0 radical (unpaired) electrons. The van der Waals surface area contributed by atoms with Crippen LogP contribution in [0.25, 0.3) is 10.9 Å². The molecule has 1 aromatic carbocycles. The Hall–Kier alpha value is -2.50. The van der Waals surface area contributed by atoms with Crippen LogP contribution in [-0.2, 0) is 11.3 Å². The van der Waals surface area contributed by atoms with Crippen LogP contribution in [0.3, 0.4) is 0 Å². The van der Waals surface area contributed by atoms with Crippen LogP contribution < -0.4 is 0 Å². The number of rotatable bonds is 2. The number of ether oxygens (including phenoxy) is 1. The average Bonchev–Trinajstić information content (AvgIpc) is 2.79. The van der Waals surface area contributed by atoms with Crippen molar-refractivity contribution in [3.8, 4) is 0 Å². The number of hydrogen-bond acceptors (Lipinski definition) is 3. The summed E-state index contributed by atoms with van der Waals surface area (Å²) in [4.78, 5) is 29.4. The number of aryl methyl sites for hydroxylation is 2. The van der Waals surface area contributed by atoms with E-state index in [1.54, 1.807) is 4.90 Å². The second kappa shape index (κ2) is 7.86. The zero-order valence-electron chi connectivity index (χ0n) is 17.6. The van der Waals surface area contributed by atoms with Crippen molar-refractivity contribution >= 4 is 22.9 Å². The van der Waals surface area contributed by atoms with Gasteiger partial charge in [0.05, 0.1) is 0 Å². The number of nitrogens with zero attached hydrogens (tertiary/aromatic N) is 3. The summed E-state index contributed by atoms with van der Waals surface area (Å²) in [6.45, 7) is 12.7. The van der Waals surface area contributed by atoms with Crippen molar-refractivity contribution in [2.24, 2.45) is 0 Å². The van der Waals surface area contributed by atoms with Crippen LogP contribution in [0.15, 0.2) is 24.3 Å². The van der Waals surface area contributed by atoms with Crippen LogP contribution >= 0.6 is 0 Å². The predicted octanol–water partition coefficient (Wildman–Crippen LogP) is 4.05. The molecule has 3 rings (SSSR count). The van der Waals surface area contributed by atoms with Crippen molar-refractivity contribution in [2.75, 3.05) is 26.2 Å². The fraction of sp³-hybridized carbons (Fsp3) is 0.545. The van der Waals surface area contributed by atoms with E-state index in [0.717, 1.165) is 35.1 Å². The summed E-state index contributed by atoms with van der Waals surface area (Å²) in [6.07, 6.45) is 0.441. The number of hydrogen-bond donors (Lipinski definition) is 0. The van der Waals surface area contributed by atoms with Gasteiger partial charge in [-0.2, -0.15) is 0 Å². The van der Waals surface area contributed by atoms with Crippen molar-refractivity contribution in [1.82, 2.24) is 14.4 Å². The van der Waals surface area contributed by atoms with Crippen molar-refractivity contribution in [3.63, 3.8) is 0 Å². The van der Waals surface area contributed by atoms with E-state index in [-0.39, 0.29) is 12.0 Å². The topological polar surface area (TPSA) is 54.8 Å². The van der Waals surface area contributed by atoms with Gasteiger partial charge in [0, 0.05) is 43.6 Å². The van der Waals surface area contributed by atoms with E-state index in [1.807, 2.05) is 44.7 Å². The van der Waals surface area contributed by atoms with Crippen LogP contribution in [0.1, 0.15) is 50.2 Å². The Morgan fingerprint density at radius 2 is 1.68 bits per heavy atom. The van der Waals surface area contributed by atoms with Gasteiger partial charge in [-0.15, -0.1) is 0 Å². The number of aromatic nitrogens is 1. The van der Waals surface area contributed by atoms with Crippen LogP contribution in [0.4, 0.5) is 4.79 Å². The van der Waals surface area contributed by atoms with E-state index >= 15 is 0 Å². The van der Waals surface area contributed by atoms with Crippen LogP contribution in [0.5, 0.6) is 0 Å². The Kier molecular flexibility index (Phi) is 5.68. The van der Waals surface area contributed by atoms with E-state index in [9.17, 15) is 9.59 Å². The molecule has 2 aromatic rings. The maximum atomic E-state index is 13.4. The lowest BCUT2D eigenvalue weighted by molar-refractivity contribution is 0.0255. The van der Waals surface area contributed by atoms with Gasteiger partial charge in [-0.25, -0.2) is 4.79 Å². The molecule has 6 heteroatoms. The third-order valence-electron chi connectivity index (χ3n) is 5.18. The zero-order valence-corrected chi connectivity index (χ0v) is 17.6. The molecule has 0 N–H and O–H groups in total. The smallest absolute Gasteiger partial charge is 0.410 e. The van der Waals surface area contributed by atoms with Crippen molar-refractivity contribution in [2.45, 2.75) is 53.2 Å². The van der Waals surface area contributed by atoms with Gasteiger partial charge in [0.25, 0.3) is 5.91 Å². The highest BCUT2D eigenvalue weighted by Gasteiger charge is 2.28. The van der Waals surface area contributed by atoms with Gasteiger partial charge in [0.1, 0.15) is 11.3 Å². The molecule has 1 aromatic heterocycles. The molecule has 1 fully saturated rings. The third-order valence-corrected chi connectivity index (χ3v) is 5.18. The molecule has 0 atom stereocenters. The fourth-order valence-corrected chi connectivity index (χ4v) is 3.86. The summed E-state index contributed by atoms with van der Waals surface area (Å²) in [5.74, 6) is 0.0431. The minimum atomic E-state index is -0.516. The van der Waals surface area contributed by atoms with E-state index in [2.05, 4.69) is 23.6 Å². The second-order valence-electron chi connectivity index (χ2n) is 8.35. The van der Waals surface area contributed by atoms with Gasteiger partial charge >= 0.3 is 6.09 Å². The molecule has 2 heterocycles. The minimum Gasteiger partial charge on any atom is -0.444 e. The SMILES string of the molecule is CCn1c(C(=O)N2CCCN(C(=O)OC(C)(C)C)CC2)c(C)c2ccccc21. The fourth-order valence-electron chi connectivity index (χ4n) is 3.86. The van der Waals surface area contributed by atoms with Crippen molar-refractivity contribution in [3.05, 3.63) is 35.5 Å². The molecule has 1 saturated heterocycles. The highest BCUT2D eigenvalue weighted by molar-refractivity contribution is 6.01. The van der Waals surface area contributed by atoms with E-state index in [1.165, 1.54) is 0 Å². The van der Waals surface area contributed by atoms with Crippen LogP contribution in [-0.4, -0.2) is 58.1 Å². The molecule has 0 aliphatic carbocycles. The van der Waals surface area contributed by atoms with Gasteiger partial charge in [0.15, 0.2) is 0 Å². The Labute approximate surface area is 167 Å². The van der Waals surface area contributed by atoms with Gasteiger partial charge in [-0.3, -0.25) is 4.79 Å². The zero-order chi connectivity index (χ0) is 20.5. The number of fused-ring (bicyclic) bond motifs is 1. The number of carbonyl (C=O) groups is 2. The molecule has 0 bridgehead atoms. The van der Waals surface area contributed by atoms with E-state index in [0.29, 0.717) is 26.2 Å². The highest BCUT2D eigenvalue weighted by Crippen LogP contribution is 2.27. The lowest BCUT2D eigenvalue weighted by atomic mass is 10.1. The number of benzene rings is 1. The molecule has 2 amide bonds. The largest absolute Gasteiger partial charge is 0.444 e. The van der Waals surface area contributed by atoms with Gasteiger partial charge < -0.3 is 19.1 Å². The summed E-state index contributed by atoms with van der Waals surface area (Å²) in [7, 11) is 0. The summed E-state index contributed by atoms with van der Waals surface area (Å²) in [5, 5.41) is 1.12. The van der Waals surface area contributed by atoms with Gasteiger partial charge in [0.2, 0.25) is 0 Å². The molecule has 1 aliphatic heterocycles. The summed E-state index contributed by atoms with van der Waals surface area (Å²) < 4.78 is 7.59. The molecular weight excluding hydrogens is 354 g/mol. The monoisotopic (exact) mass is 385 g/mol. The molecule has 0 spiro atoms. The van der Waals surface area contributed by atoms with E-state index < -0.39 is 5.60 Å². The van der Waals surface area contributed by atoms with Crippen molar-refractivity contribution in [1.29, 1.82) is 0 Å². The maximum absolute atomic E-state index is 13.4. The minimum absolute atomic E-state index is 0.0431. The maximum Gasteiger partial charge on any atom is 0.410 e.